The van der Waals surface area contributed by atoms with Crippen LogP contribution in [0, 0.1) is 13.8 Å². The van der Waals surface area contributed by atoms with E-state index in [4.69, 9.17) is 4.42 Å². The van der Waals surface area contributed by atoms with Gasteiger partial charge in [0, 0.05) is 27.9 Å². The van der Waals surface area contributed by atoms with E-state index in [0.717, 1.165) is 24.2 Å². The summed E-state index contributed by atoms with van der Waals surface area (Å²) < 4.78 is 34.8. The summed E-state index contributed by atoms with van der Waals surface area (Å²) in [4.78, 5) is 4.30. The van der Waals surface area contributed by atoms with Gasteiger partial charge in [0.25, 0.3) is 15.9 Å². The topological polar surface area (TPSA) is 101 Å². The van der Waals surface area contributed by atoms with E-state index in [1.165, 1.54) is 0 Å². The highest BCUT2D eigenvalue weighted by atomic mass is 32.2. The van der Waals surface area contributed by atoms with Crippen LogP contribution in [0.2, 0.25) is 0 Å². The maximum absolute atomic E-state index is 13.2. The molecule has 4 rings (SSSR count). The average Bonchev–Trinajstić information content (AvgIpc) is 3.18. The van der Waals surface area contributed by atoms with Gasteiger partial charge in [-0.15, -0.1) is 22.0 Å². The first kappa shape index (κ1) is 19.1. The molecule has 1 saturated carbocycles. The van der Waals surface area contributed by atoms with E-state index in [1.54, 1.807) is 30.8 Å². The molecule has 0 bridgehead atoms. The second kappa shape index (κ2) is 7.29. The summed E-state index contributed by atoms with van der Waals surface area (Å²) in [6.07, 6.45) is 5.19. The molecule has 2 N–H and O–H groups in total. The number of nitrogens with zero attached hydrogens (tertiary/aromatic N) is 2. The number of aromatic amines is 1. The molecule has 0 saturated heterocycles. The molecular weight excluding hydrogens is 396 g/mol. The van der Waals surface area contributed by atoms with Gasteiger partial charge in [0.15, 0.2) is 0 Å². The molecule has 0 radical (unpaired) electrons. The number of sulfonamides is 1. The van der Waals surface area contributed by atoms with Gasteiger partial charge < -0.3 is 9.40 Å². The van der Waals surface area contributed by atoms with Gasteiger partial charge in [-0.25, -0.2) is 8.42 Å². The minimum atomic E-state index is -3.84. The first-order chi connectivity index (χ1) is 13.4. The van der Waals surface area contributed by atoms with Crippen LogP contribution in [0.3, 0.4) is 0 Å². The zero-order valence-electron chi connectivity index (χ0n) is 15.9. The predicted molar refractivity (Wildman–Crippen MR) is 109 cm³/mol. The Morgan fingerprint density at radius 2 is 1.86 bits per heavy atom. The highest BCUT2D eigenvalue weighted by Crippen LogP contribution is 2.39. The number of nitrogens with one attached hydrogen (secondary N) is 2. The summed E-state index contributed by atoms with van der Waals surface area (Å²) in [5.41, 5.74) is 2.15. The van der Waals surface area contributed by atoms with Gasteiger partial charge in [-0.2, -0.15) is 0 Å². The molecule has 1 aromatic carbocycles. The van der Waals surface area contributed by atoms with Crippen LogP contribution in [0.15, 0.2) is 38.5 Å². The molecule has 1 fully saturated rings. The van der Waals surface area contributed by atoms with E-state index < -0.39 is 10.0 Å². The lowest BCUT2D eigenvalue weighted by molar-refractivity contribution is 0.338. The number of rotatable bonds is 6. The number of aromatic nitrogens is 3. The number of hydrogen-bond acceptors (Lipinski definition) is 6. The van der Waals surface area contributed by atoms with Crippen molar-refractivity contribution in [2.45, 2.75) is 48.8 Å². The third-order valence-corrected chi connectivity index (χ3v) is 7.33. The van der Waals surface area contributed by atoms with Crippen LogP contribution in [0.4, 0.5) is 5.69 Å². The van der Waals surface area contributed by atoms with Crippen molar-refractivity contribution in [2.24, 2.45) is 0 Å². The monoisotopic (exact) mass is 418 g/mol. The molecular formula is C19H22N4O3S2. The fourth-order valence-corrected chi connectivity index (χ4v) is 5.29. The van der Waals surface area contributed by atoms with Gasteiger partial charge >= 0.3 is 0 Å². The summed E-state index contributed by atoms with van der Waals surface area (Å²) in [5, 5.41) is 8.28. The van der Waals surface area contributed by atoms with Crippen LogP contribution in [-0.2, 0) is 10.0 Å². The molecule has 0 aliphatic heterocycles. The zero-order chi connectivity index (χ0) is 19.9. The molecule has 148 valence electrons. The summed E-state index contributed by atoms with van der Waals surface area (Å²) >= 11 is 1.60. The lowest BCUT2D eigenvalue weighted by atomic mass is 9.85. The molecule has 1 aliphatic carbocycles. The number of hydrogen-bond donors (Lipinski definition) is 2. The molecule has 0 spiro atoms. The Morgan fingerprint density at radius 3 is 2.46 bits per heavy atom. The van der Waals surface area contributed by atoms with E-state index in [0.29, 0.717) is 28.5 Å². The van der Waals surface area contributed by atoms with Crippen LogP contribution in [-0.4, -0.2) is 29.9 Å². The molecule has 28 heavy (non-hydrogen) atoms. The van der Waals surface area contributed by atoms with Crippen LogP contribution < -0.4 is 4.72 Å². The highest BCUT2D eigenvalue weighted by molar-refractivity contribution is 7.98. The molecule has 3 aromatic rings. The van der Waals surface area contributed by atoms with Gasteiger partial charge in [-0.1, -0.05) is 6.42 Å². The molecule has 0 unspecified atom stereocenters. The smallest absolute Gasteiger partial charge is 0.264 e. The normalized spacial score (nSPS) is 14.8. The summed E-state index contributed by atoms with van der Waals surface area (Å²) in [5.74, 6) is 1.11. The summed E-state index contributed by atoms with van der Waals surface area (Å²) in [6, 6.07) is 7.25. The zero-order valence-corrected chi connectivity index (χ0v) is 17.6. The van der Waals surface area contributed by atoms with Gasteiger partial charge in [-0.3, -0.25) is 4.72 Å². The number of thioether (sulfide) groups is 1. The Balaban J connectivity index is 1.71. The molecule has 1 aliphatic rings. The van der Waals surface area contributed by atoms with Crippen molar-refractivity contribution in [1.29, 1.82) is 0 Å². The average molecular weight is 419 g/mol. The maximum atomic E-state index is 13.2. The van der Waals surface area contributed by atoms with Crippen molar-refractivity contribution in [3.63, 3.8) is 0 Å². The van der Waals surface area contributed by atoms with E-state index >= 15 is 0 Å². The van der Waals surface area contributed by atoms with Gasteiger partial charge in [0.2, 0.25) is 5.89 Å². The Morgan fingerprint density at radius 1 is 1.14 bits per heavy atom. The van der Waals surface area contributed by atoms with E-state index in [1.807, 2.05) is 25.3 Å². The van der Waals surface area contributed by atoms with Crippen LogP contribution >= 0.6 is 11.8 Å². The quantitative estimate of drug-likeness (QED) is 0.573. The van der Waals surface area contributed by atoms with Crippen molar-refractivity contribution in [3.8, 4) is 11.5 Å². The van der Waals surface area contributed by atoms with Crippen molar-refractivity contribution in [3.05, 3.63) is 41.5 Å². The van der Waals surface area contributed by atoms with Gasteiger partial charge in [0.05, 0.1) is 5.56 Å². The fourth-order valence-electron chi connectivity index (χ4n) is 3.37. The largest absolute Gasteiger partial charge is 0.420 e. The van der Waals surface area contributed by atoms with Gasteiger partial charge in [0.1, 0.15) is 4.90 Å². The number of H-pyrrole nitrogens is 1. The molecule has 7 nitrogen and oxygen atoms in total. The van der Waals surface area contributed by atoms with Crippen LogP contribution in [0.5, 0.6) is 0 Å². The number of aryl methyl sites for hydroxylation is 2. The molecule has 0 amide bonds. The molecule has 2 aromatic heterocycles. The minimum absolute atomic E-state index is 0.141. The molecule has 0 atom stereocenters. The van der Waals surface area contributed by atoms with Crippen molar-refractivity contribution < 1.29 is 12.8 Å². The fraction of sp³-hybridized carbons (Fsp3) is 0.368. The maximum Gasteiger partial charge on any atom is 0.264 e. The van der Waals surface area contributed by atoms with E-state index in [9.17, 15) is 8.42 Å². The third kappa shape index (κ3) is 3.44. The first-order valence-electron chi connectivity index (χ1n) is 9.09. The number of benzene rings is 1. The lowest BCUT2D eigenvalue weighted by Crippen LogP contribution is -2.14. The Hall–Kier alpha value is -2.26. The predicted octanol–water partition coefficient (Wildman–Crippen LogP) is 4.47. The molecule has 2 heterocycles. The standard InChI is InChI=1S/C19H22N4O3S2/c1-11-16(19-22-21-18(26-19)13-5-4-6-13)17(12(2)20-11)28(24,25)23-14-7-9-15(27-3)10-8-14/h7-10,13,20,23H,4-6H2,1-3H3. The highest BCUT2D eigenvalue weighted by Gasteiger charge is 2.31. The molecule has 9 heteroatoms. The third-order valence-electron chi connectivity index (χ3n) is 5.04. The number of anilines is 1. The Kier molecular flexibility index (Phi) is 4.96. The van der Waals surface area contributed by atoms with Crippen molar-refractivity contribution >= 4 is 27.5 Å². The summed E-state index contributed by atoms with van der Waals surface area (Å²) in [6.45, 7) is 3.53. The lowest BCUT2D eigenvalue weighted by Gasteiger charge is -2.20. The SMILES string of the molecule is CSc1ccc(NS(=O)(=O)c2c(C)[nH]c(C)c2-c2nnc(C3CCC3)o2)cc1. The van der Waals surface area contributed by atoms with Gasteiger partial charge in [-0.05, 0) is 57.2 Å². The second-order valence-electron chi connectivity index (χ2n) is 6.99. The minimum Gasteiger partial charge on any atom is -0.420 e. The van der Waals surface area contributed by atoms with E-state index in [2.05, 4.69) is 19.9 Å². The van der Waals surface area contributed by atoms with Crippen molar-refractivity contribution in [1.82, 2.24) is 15.2 Å². The van der Waals surface area contributed by atoms with Crippen molar-refractivity contribution in [2.75, 3.05) is 11.0 Å². The van der Waals surface area contributed by atoms with Crippen LogP contribution in [0.25, 0.3) is 11.5 Å². The summed E-state index contributed by atoms with van der Waals surface area (Å²) in [7, 11) is -3.84. The Bertz CT molecular complexity index is 1100. The first-order valence-corrected chi connectivity index (χ1v) is 11.8. The van der Waals surface area contributed by atoms with E-state index in [-0.39, 0.29) is 16.7 Å². The second-order valence-corrected chi connectivity index (χ2v) is 9.49. The van der Waals surface area contributed by atoms with Crippen LogP contribution in [0.1, 0.15) is 42.5 Å². The Labute approximate surface area is 168 Å².